The molecule has 0 aromatic heterocycles. The van der Waals surface area contributed by atoms with Crippen LogP contribution in [0, 0.1) is 45.3 Å². The van der Waals surface area contributed by atoms with E-state index in [9.17, 15) is 76.4 Å². The average molecular weight is 1250 g/mol. The molecule has 10 N–H and O–H groups in total. The van der Waals surface area contributed by atoms with Crippen LogP contribution in [0.15, 0.2) is 11.6 Å². The molecule has 84 heavy (non-hydrogen) atoms. The first-order valence-corrected chi connectivity index (χ1v) is 31.6. The maximum atomic E-state index is 14.4. The summed E-state index contributed by atoms with van der Waals surface area (Å²) in [7, 11) is -9.25. The Balaban J connectivity index is 0.912. The van der Waals surface area contributed by atoms with Crippen LogP contribution in [0.4, 0.5) is 0 Å². The first-order valence-electron chi connectivity index (χ1n) is 28.9. The molecule has 30 heteroatoms. The minimum Gasteiger partial charge on any atom is -0.458 e. The number of hydrogen-bond acceptors (Lipinski definition) is 26. The predicted octanol–water partition coefficient (Wildman–Crippen LogP) is -0.475. The minimum atomic E-state index is -5.21. The highest BCUT2D eigenvalue weighted by molar-refractivity contribution is 7.81. The molecule has 5 heterocycles. The molecular weight excluding hydrogens is 1160 g/mol. The van der Waals surface area contributed by atoms with Crippen molar-refractivity contribution >= 4 is 32.6 Å². The van der Waals surface area contributed by atoms with Gasteiger partial charge in [0, 0.05) is 31.3 Å². The largest absolute Gasteiger partial charge is 0.458 e. The van der Waals surface area contributed by atoms with E-state index in [-0.39, 0.29) is 47.3 Å². The highest BCUT2D eigenvalue weighted by Gasteiger charge is 2.76. The van der Waals surface area contributed by atoms with Crippen molar-refractivity contribution in [3.63, 3.8) is 0 Å². The van der Waals surface area contributed by atoms with Crippen molar-refractivity contribution in [1.29, 1.82) is 0 Å². The molecule has 0 unspecified atom stereocenters. The van der Waals surface area contributed by atoms with Crippen LogP contribution in [-0.2, 0) is 86.1 Å². The first kappa shape index (κ1) is 66.4. The summed E-state index contributed by atoms with van der Waals surface area (Å²) in [6, 6.07) is 0. The predicted molar refractivity (Wildman–Crippen MR) is 282 cm³/mol. The molecule has 4 aliphatic carbocycles. The number of methoxy groups -OCH3 is 1. The number of ether oxygens (including phenoxy) is 10. The van der Waals surface area contributed by atoms with Gasteiger partial charge in [0.1, 0.15) is 96.8 Å². The van der Waals surface area contributed by atoms with Crippen LogP contribution in [0.25, 0.3) is 0 Å². The molecular formula is C54H86O28S2. The van der Waals surface area contributed by atoms with E-state index in [1.807, 2.05) is 20.8 Å². The van der Waals surface area contributed by atoms with Gasteiger partial charge in [0.25, 0.3) is 0 Å². The number of aliphatic hydroxyl groups excluding tert-OH is 8. The van der Waals surface area contributed by atoms with Gasteiger partial charge in [-0.1, -0.05) is 53.2 Å². The van der Waals surface area contributed by atoms with Crippen molar-refractivity contribution in [2.24, 2.45) is 45.3 Å². The van der Waals surface area contributed by atoms with Crippen LogP contribution < -0.4 is 0 Å². The lowest BCUT2D eigenvalue weighted by Crippen LogP contribution is -2.67. The highest BCUT2D eigenvalue weighted by Crippen LogP contribution is 2.76. The van der Waals surface area contributed by atoms with Crippen LogP contribution in [0.1, 0.15) is 113 Å². The quantitative estimate of drug-likeness (QED) is 0.0444. The first-order chi connectivity index (χ1) is 39.0. The van der Waals surface area contributed by atoms with Crippen LogP contribution in [0.5, 0.6) is 0 Å². The zero-order chi connectivity index (χ0) is 61.8. The van der Waals surface area contributed by atoms with Crippen LogP contribution in [0.2, 0.25) is 0 Å². The Morgan fingerprint density at radius 2 is 1.32 bits per heavy atom. The summed E-state index contributed by atoms with van der Waals surface area (Å²) in [6.45, 7) is 13.3. The Kier molecular flexibility index (Phi) is 19.2. The minimum absolute atomic E-state index is 0.00754. The summed E-state index contributed by atoms with van der Waals surface area (Å²) in [5.74, 6) is 0.0274. The number of hydrogen-bond donors (Lipinski definition) is 10. The fourth-order valence-corrected chi connectivity index (χ4v) is 17.3. The van der Waals surface area contributed by atoms with Crippen molar-refractivity contribution in [1.82, 2.24) is 0 Å². The van der Waals surface area contributed by atoms with Gasteiger partial charge in [-0.05, 0) is 87.4 Å². The van der Waals surface area contributed by atoms with E-state index >= 15 is 0 Å². The summed E-state index contributed by atoms with van der Waals surface area (Å²) >= 11 is 0. The van der Waals surface area contributed by atoms with E-state index in [2.05, 4.69) is 38.0 Å². The van der Waals surface area contributed by atoms with E-state index in [4.69, 9.17) is 51.6 Å². The third-order valence-electron chi connectivity index (χ3n) is 20.5. The Hall–Kier alpha value is -2.06. The molecule has 482 valence electrons. The highest BCUT2D eigenvalue weighted by atomic mass is 32.3. The zero-order valence-corrected chi connectivity index (χ0v) is 50.2. The van der Waals surface area contributed by atoms with Gasteiger partial charge in [0.05, 0.1) is 37.4 Å². The van der Waals surface area contributed by atoms with Gasteiger partial charge in [0.2, 0.25) is 0 Å². The number of fused-ring (bicyclic) bond motifs is 4. The van der Waals surface area contributed by atoms with E-state index in [0.717, 1.165) is 26.4 Å². The Labute approximate surface area is 488 Å². The summed E-state index contributed by atoms with van der Waals surface area (Å²) < 4.78 is 135. The number of aliphatic hydroxyl groups is 8. The maximum absolute atomic E-state index is 14.4. The topological polar surface area (TPSA) is 415 Å². The van der Waals surface area contributed by atoms with Gasteiger partial charge in [-0.25, -0.2) is 8.37 Å². The van der Waals surface area contributed by atoms with Gasteiger partial charge < -0.3 is 88.2 Å². The van der Waals surface area contributed by atoms with Gasteiger partial charge in [0.15, 0.2) is 25.2 Å². The van der Waals surface area contributed by atoms with E-state index in [1.165, 1.54) is 12.5 Å². The number of cyclic esters (lactones) is 1. The average Bonchev–Trinajstić information content (AvgIpc) is 1.44. The molecule has 0 aromatic carbocycles. The lowest BCUT2D eigenvalue weighted by Gasteiger charge is -2.64. The molecule has 9 aliphatic rings. The molecule has 5 aliphatic heterocycles. The molecule has 28 nitrogen and oxygen atoms in total. The molecule has 0 bridgehead atoms. The Morgan fingerprint density at radius 3 is 1.95 bits per heavy atom. The van der Waals surface area contributed by atoms with Crippen molar-refractivity contribution in [3.05, 3.63) is 11.6 Å². The number of carbonyl (C=O) groups excluding carboxylic acids is 2. The summed E-state index contributed by atoms with van der Waals surface area (Å²) in [5, 5.41) is 89.6. The van der Waals surface area contributed by atoms with Crippen LogP contribution >= 0.6 is 0 Å². The standard InChI is InChI=1S/C54H86O28S2/c1-23(2)18-25(56)19-53(8)32-13-16-52(7)27-10-11-31-50(4,5)33(14-15-51(31,6)26(27)12-17-54(32,52)49(64)81-53)77-48-44(36(59)30(21-72-48)82-84(68,69)70)80-45-38(61)37(60)41(24(3)74-45)78-47-40(63)43(35(58)29(76-47)22-73-83(65,66)67)79-46-39(62)42(71-9)34(57)28(20-55)75-46/h10,23-24,26,28-48,55,57-63H,11-22H2,1-9H3,(H,65,66,67)(H,68,69,70)/t24-,26+,28-,29-,30-,31+,32-,33+,34-,35-,36+,37-,38-,39-,40-,41-,42+,43+,44-,45+,46+,47+,48+,51-,52+,53+,54+/m1/s1. The second-order valence-corrected chi connectivity index (χ2v) is 28.5. The molecule has 5 saturated heterocycles. The van der Waals surface area contributed by atoms with Crippen molar-refractivity contribution in [3.8, 4) is 0 Å². The number of ketones is 1. The molecule has 8 fully saturated rings. The van der Waals surface area contributed by atoms with Crippen LogP contribution in [-0.4, -0.2) is 234 Å². The fourth-order valence-electron chi connectivity index (χ4n) is 16.5. The van der Waals surface area contributed by atoms with Gasteiger partial charge in [-0.3, -0.25) is 18.7 Å². The van der Waals surface area contributed by atoms with Crippen molar-refractivity contribution < 1.29 is 132 Å². The van der Waals surface area contributed by atoms with E-state index in [0.29, 0.717) is 32.1 Å². The monoisotopic (exact) mass is 1250 g/mol. The molecule has 27 atom stereocenters. The third kappa shape index (κ3) is 12.0. The Morgan fingerprint density at radius 1 is 0.702 bits per heavy atom. The summed E-state index contributed by atoms with van der Waals surface area (Å²) in [6.07, 6.45) is -27.4. The third-order valence-corrected chi connectivity index (χ3v) is 21.4. The lowest BCUT2D eigenvalue weighted by atomic mass is 9.41. The number of Topliss-reactive ketones (excluding diaryl/α,β-unsaturated/α-hetero) is 1. The zero-order valence-electron chi connectivity index (χ0n) is 48.6. The summed E-state index contributed by atoms with van der Waals surface area (Å²) in [4.78, 5) is 27.7. The van der Waals surface area contributed by atoms with E-state index in [1.54, 1.807) is 0 Å². The van der Waals surface area contributed by atoms with Gasteiger partial charge in [-0.2, -0.15) is 16.8 Å². The smallest absolute Gasteiger partial charge is 0.397 e. The molecule has 9 rings (SSSR count). The maximum Gasteiger partial charge on any atom is 0.397 e. The van der Waals surface area contributed by atoms with Crippen molar-refractivity contribution in [2.75, 3.05) is 26.9 Å². The van der Waals surface area contributed by atoms with Gasteiger partial charge in [-0.15, -0.1) is 0 Å². The summed E-state index contributed by atoms with van der Waals surface area (Å²) in [5.41, 5.74) is -1.82. The molecule has 0 radical (unpaired) electrons. The number of carbonyl (C=O) groups is 2. The molecule has 0 aromatic rings. The van der Waals surface area contributed by atoms with Gasteiger partial charge >= 0.3 is 26.8 Å². The second kappa shape index (κ2) is 24.3. The van der Waals surface area contributed by atoms with E-state index < -0.39 is 185 Å². The van der Waals surface area contributed by atoms with Crippen molar-refractivity contribution in [2.45, 2.75) is 242 Å². The number of rotatable bonds is 19. The molecule has 0 amide bonds. The lowest BCUT2D eigenvalue weighted by molar-refractivity contribution is -0.389. The van der Waals surface area contributed by atoms with Crippen LogP contribution in [0.3, 0.4) is 0 Å². The fraction of sp³-hybridized carbons (Fsp3) is 0.926. The second-order valence-electron chi connectivity index (χ2n) is 26.3. The number of allylic oxidation sites excluding steroid dienone is 2. The molecule has 3 saturated carbocycles. The number of esters is 1. The Bertz CT molecular complexity index is 2640. The SMILES string of the molecule is CO[C@@H]1[C@@H](O)[C@H](O[C@@H]2[C@@H](O)[C@H](O[C@H]3[C@H](O)[C@@H](O)[C@H](O[C@H]4[C@H](O[C@H]5CC[C@]6(C)[C@H]7CC[C@@]89C(=O)O[C@@](C)(CC(=O)CC(C)C)[C@H]8CC[C@@]9(C)C7=CC[C@H]6C5(C)C)OC[C@@H](OS(=O)(=O)O)[C@@H]4O)O[C@@H]3C)O[C@H](COS(=O)(=O)O)[C@H]2O)O[C@H](CO)[C@H]1O. The molecule has 1 spiro atoms. The normalized spacial score (nSPS) is 48.6.